The summed E-state index contributed by atoms with van der Waals surface area (Å²) in [6, 6.07) is 0. The summed E-state index contributed by atoms with van der Waals surface area (Å²) in [4.78, 5) is 0. The maximum absolute atomic E-state index is 1.50. The molecule has 1 rings (SSSR count). The maximum Gasteiger partial charge on any atom is 0 e. The second kappa shape index (κ2) is 5.49. The van der Waals surface area contributed by atoms with E-state index in [9.17, 15) is 0 Å². The van der Waals surface area contributed by atoms with Crippen LogP contribution in [0.2, 0.25) is 0 Å². The number of rotatable bonds is 0. The van der Waals surface area contributed by atoms with Gasteiger partial charge in [-0.1, -0.05) is 38.5 Å². The maximum atomic E-state index is 1.50. The van der Waals surface area contributed by atoms with Gasteiger partial charge in [0.1, 0.15) is 0 Å². The second-order valence-electron chi connectivity index (χ2n) is 2.12. The molecule has 0 aliphatic heterocycles. The zero-order valence-corrected chi connectivity index (χ0v) is 7.95. The van der Waals surface area contributed by atoms with E-state index in [1.54, 1.807) is 0 Å². The largest absolute Gasteiger partial charge is 0.0533 e. The van der Waals surface area contributed by atoms with E-state index in [0.717, 1.165) is 0 Å². The van der Waals surface area contributed by atoms with Gasteiger partial charge in [0, 0.05) is 40.8 Å². The van der Waals surface area contributed by atoms with Crippen LogP contribution in [0.1, 0.15) is 38.5 Å². The predicted octanol–water partition coefficient (Wildman–Crippen LogP) is 2.34. The van der Waals surface area contributed by atoms with E-state index in [0.29, 0.717) is 0 Å². The van der Waals surface area contributed by atoms with Gasteiger partial charge in [0.05, 0.1) is 0 Å². The van der Waals surface area contributed by atoms with Crippen LogP contribution in [0.5, 0.6) is 0 Å². The molecule has 0 unspecified atom stereocenters. The van der Waals surface area contributed by atoms with Crippen molar-refractivity contribution in [2.45, 2.75) is 38.5 Å². The fraction of sp³-hybridized carbons (Fsp3) is 1.00. The van der Waals surface area contributed by atoms with Crippen LogP contribution in [0.25, 0.3) is 0 Å². The van der Waals surface area contributed by atoms with E-state index in [4.69, 9.17) is 0 Å². The molecular weight excluding hydrogens is 216 g/mol. The Bertz CT molecular complexity index is 19.7. The summed E-state index contributed by atoms with van der Waals surface area (Å²) < 4.78 is 0. The molecule has 0 N–H and O–H groups in total. The average Bonchev–Trinajstić information content (AvgIpc) is 1.72. The van der Waals surface area contributed by atoms with Crippen LogP contribution in [0.4, 0.5) is 0 Å². The SMILES string of the molecule is C1CCCCC1.[Nd]. The predicted molar refractivity (Wildman–Crippen MR) is 27.7 cm³/mol. The van der Waals surface area contributed by atoms with Crippen LogP contribution >= 0.6 is 0 Å². The Morgan fingerprint density at radius 2 is 0.571 bits per heavy atom. The second-order valence-corrected chi connectivity index (χ2v) is 2.12. The van der Waals surface area contributed by atoms with Gasteiger partial charge in [-0.25, -0.2) is 0 Å². The molecule has 1 fully saturated rings. The summed E-state index contributed by atoms with van der Waals surface area (Å²) in [7, 11) is 0. The van der Waals surface area contributed by atoms with E-state index in [2.05, 4.69) is 0 Å². The summed E-state index contributed by atoms with van der Waals surface area (Å²) in [5.74, 6) is 0. The zero-order valence-electron chi connectivity index (χ0n) is 4.74. The minimum atomic E-state index is 0. The van der Waals surface area contributed by atoms with Gasteiger partial charge in [-0.15, -0.1) is 0 Å². The molecule has 0 bridgehead atoms. The molecule has 0 aromatic carbocycles. The van der Waals surface area contributed by atoms with Crippen molar-refractivity contribution in [2.75, 3.05) is 0 Å². The van der Waals surface area contributed by atoms with Gasteiger partial charge in [0.2, 0.25) is 0 Å². The third-order valence-electron chi connectivity index (χ3n) is 1.50. The summed E-state index contributed by atoms with van der Waals surface area (Å²) in [5, 5.41) is 0. The molecule has 7 heavy (non-hydrogen) atoms. The minimum absolute atomic E-state index is 0. The summed E-state index contributed by atoms with van der Waals surface area (Å²) in [5.41, 5.74) is 0. The van der Waals surface area contributed by atoms with Crippen molar-refractivity contribution < 1.29 is 40.8 Å². The molecule has 0 amide bonds. The molecule has 0 saturated heterocycles. The first kappa shape index (κ1) is 8.35. The molecule has 0 nitrogen and oxygen atoms in total. The van der Waals surface area contributed by atoms with Gasteiger partial charge in [-0.2, -0.15) is 0 Å². The van der Waals surface area contributed by atoms with Gasteiger partial charge in [-0.05, 0) is 0 Å². The molecule has 1 heteroatoms. The van der Waals surface area contributed by atoms with Crippen LogP contribution in [0.3, 0.4) is 0 Å². The standard InChI is InChI=1S/C6H12.Nd/c1-2-4-6-5-3-1;/h1-6H2;. The molecular formula is C6H12Nd. The van der Waals surface area contributed by atoms with E-state index in [1.807, 2.05) is 0 Å². The average molecular weight is 228 g/mol. The van der Waals surface area contributed by atoms with Gasteiger partial charge in [-0.3, -0.25) is 0 Å². The summed E-state index contributed by atoms with van der Waals surface area (Å²) >= 11 is 0. The molecule has 1 aliphatic rings. The van der Waals surface area contributed by atoms with Gasteiger partial charge < -0.3 is 0 Å². The molecule has 0 heterocycles. The molecule has 40 valence electrons. The summed E-state index contributed by atoms with van der Waals surface area (Å²) in [6.45, 7) is 0. The number of hydrogen-bond donors (Lipinski definition) is 0. The monoisotopic (exact) mass is 226 g/mol. The molecule has 1 aliphatic carbocycles. The minimum Gasteiger partial charge on any atom is -0.0533 e. The Hall–Kier alpha value is 1.35. The Morgan fingerprint density at radius 1 is 0.429 bits per heavy atom. The smallest absolute Gasteiger partial charge is 0 e. The van der Waals surface area contributed by atoms with Crippen molar-refractivity contribution in [1.82, 2.24) is 0 Å². The fourth-order valence-corrected chi connectivity index (χ4v) is 1.06. The zero-order chi connectivity index (χ0) is 4.24. The third kappa shape index (κ3) is 3.89. The normalized spacial score (nSPS) is 20.6. The molecule has 0 atom stereocenters. The van der Waals surface area contributed by atoms with Crippen molar-refractivity contribution in [3.05, 3.63) is 0 Å². The molecule has 0 radical (unpaired) electrons. The third-order valence-corrected chi connectivity index (χ3v) is 1.50. The van der Waals surface area contributed by atoms with Crippen LogP contribution in [-0.2, 0) is 0 Å². The van der Waals surface area contributed by atoms with E-state index in [1.165, 1.54) is 38.5 Å². The Kier molecular flexibility index (Phi) is 6.55. The molecule has 1 saturated carbocycles. The quantitative estimate of drug-likeness (QED) is 0.597. The van der Waals surface area contributed by atoms with E-state index < -0.39 is 0 Å². The van der Waals surface area contributed by atoms with Crippen molar-refractivity contribution >= 4 is 0 Å². The van der Waals surface area contributed by atoms with Crippen molar-refractivity contribution in [3.63, 3.8) is 0 Å². The molecule has 0 aromatic heterocycles. The Morgan fingerprint density at radius 3 is 0.714 bits per heavy atom. The van der Waals surface area contributed by atoms with Gasteiger partial charge in [0.15, 0.2) is 0 Å². The molecule has 0 spiro atoms. The van der Waals surface area contributed by atoms with E-state index in [-0.39, 0.29) is 40.8 Å². The Labute approximate surface area is 78.6 Å². The van der Waals surface area contributed by atoms with Crippen molar-refractivity contribution in [1.29, 1.82) is 0 Å². The van der Waals surface area contributed by atoms with E-state index >= 15 is 0 Å². The first-order chi connectivity index (χ1) is 3.00. The summed E-state index contributed by atoms with van der Waals surface area (Å²) in [6.07, 6.45) is 9.00. The van der Waals surface area contributed by atoms with Crippen LogP contribution in [0, 0.1) is 40.8 Å². The first-order valence-corrected chi connectivity index (χ1v) is 3.00. The van der Waals surface area contributed by atoms with Crippen LogP contribution in [0.15, 0.2) is 0 Å². The van der Waals surface area contributed by atoms with Gasteiger partial charge in [0.25, 0.3) is 0 Å². The van der Waals surface area contributed by atoms with Crippen molar-refractivity contribution in [2.24, 2.45) is 0 Å². The van der Waals surface area contributed by atoms with Crippen LogP contribution in [-0.4, -0.2) is 0 Å². The first-order valence-electron chi connectivity index (χ1n) is 3.00. The van der Waals surface area contributed by atoms with Crippen molar-refractivity contribution in [3.8, 4) is 0 Å². The van der Waals surface area contributed by atoms with Gasteiger partial charge >= 0.3 is 0 Å². The van der Waals surface area contributed by atoms with Crippen LogP contribution < -0.4 is 0 Å². The Balaban J connectivity index is 0.000000360. The molecule has 0 aromatic rings. The number of hydrogen-bond acceptors (Lipinski definition) is 0. The fourth-order valence-electron chi connectivity index (χ4n) is 1.06. The topological polar surface area (TPSA) is 0 Å².